The Kier molecular flexibility index (Phi) is 13.0. The molecule has 0 aromatic heterocycles. The Bertz CT molecular complexity index is 1010. The molecule has 1 aromatic carbocycles. The average molecular weight is 537 g/mol. The van der Waals surface area contributed by atoms with Gasteiger partial charge in [0.2, 0.25) is 23.6 Å². The number of rotatable bonds is 16. The van der Waals surface area contributed by atoms with E-state index in [4.69, 9.17) is 22.9 Å². The first kappa shape index (κ1) is 31.6. The number of amides is 4. The number of hydrogen-bond acceptors (Lipinski definition) is 8. The zero-order valence-electron chi connectivity index (χ0n) is 21.1. The highest BCUT2D eigenvalue weighted by molar-refractivity contribution is 5.94. The molecule has 4 unspecified atom stereocenters. The van der Waals surface area contributed by atoms with E-state index in [1.165, 1.54) is 19.1 Å². The van der Waals surface area contributed by atoms with E-state index in [0.29, 0.717) is 5.56 Å². The summed E-state index contributed by atoms with van der Waals surface area (Å²) < 4.78 is 0. The molecule has 38 heavy (non-hydrogen) atoms. The molecule has 13 N–H and O–H groups in total. The van der Waals surface area contributed by atoms with Crippen LogP contribution in [0.15, 0.2) is 29.3 Å². The number of hydrogen-bond donors (Lipinski definition) is 9. The van der Waals surface area contributed by atoms with Gasteiger partial charge in [-0.15, -0.1) is 0 Å². The Labute approximate surface area is 219 Å². The van der Waals surface area contributed by atoms with Crippen LogP contribution in [0.1, 0.15) is 38.2 Å². The minimum atomic E-state index is -1.27. The number of carboxylic acids is 1. The van der Waals surface area contributed by atoms with Crippen LogP contribution >= 0.6 is 0 Å². The Hall–Kier alpha value is -4.40. The van der Waals surface area contributed by atoms with Gasteiger partial charge in [0, 0.05) is 19.4 Å². The Balaban J connectivity index is 2.88. The second-order valence-electron chi connectivity index (χ2n) is 8.62. The number of carbonyl (C=O) groups excluding carboxylic acids is 4. The van der Waals surface area contributed by atoms with Crippen molar-refractivity contribution in [3.8, 4) is 5.75 Å². The van der Waals surface area contributed by atoms with Crippen LogP contribution in [-0.4, -0.2) is 76.5 Å². The molecule has 15 heteroatoms. The molecule has 210 valence electrons. The fourth-order valence-corrected chi connectivity index (χ4v) is 3.22. The molecule has 0 saturated carbocycles. The van der Waals surface area contributed by atoms with Crippen LogP contribution in [0.25, 0.3) is 0 Å². The van der Waals surface area contributed by atoms with Crippen molar-refractivity contribution in [2.75, 3.05) is 6.54 Å². The molecule has 0 radical (unpaired) electrons. The van der Waals surface area contributed by atoms with Gasteiger partial charge in [-0.05, 0) is 43.9 Å². The number of carboxylic acid groups (broad SMARTS) is 1. The average Bonchev–Trinajstić information content (AvgIpc) is 2.84. The topological polar surface area (TPSA) is 278 Å². The number of primary amides is 1. The minimum Gasteiger partial charge on any atom is -0.508 e. The van der Waals surface area contributed by atoms with Crippen molar-refractivity contribution in [2.45, 2.75) is 63.2 Å². The van der Waals surface area contributed by atoms with Gasteiger partial charge in [-0.3, -0.25) is 24.2 Å². The Morgan fingerprint density at radius 1 is 0.895 bits per heavy atom. The standard InChI is InChI=1S/C23H36N8O7/c1-12(19(34)30-16(22(37)38)3-2-10-28-23(26)27)29-21(36)17(11-13-4-6-14(32)7-5-13)31-20(35)15(24)8-9-18(25)33/h4-7,12,15-17,32H,2-3,8-11,24H2,1H3,(H2,25,33)(H,29,36)(H,30,34)(H,31,35)(H,37,38)(H4,26,27,28). The summed E-state index contributed by atoms with van der Waals surface area (Å²) in [6.45, 7) is 1.53. The van der Waals surface area contributed by atoms with Crippen molar-refractivity contribution < 1.29 is 34.2 Å². The number of nitrogens with zero attached hydrogens (tertiary/aromatic N) is 1. The molecule has 0 saturated heterocycles. The Morgan fingerprint density at radius 2 is 1.50 bits per heavy atom. The predicted molar refractivity (Wildman–Crippen MR) is 137 cm³/mol. The smallest absolute Gasteiger partial charge is 0.326 e. The van der Waals surface area contributed by atoms with Crippen LogP contribution in [0.3, 0.4) is 0 Å². The van der Waals surface area contributed by atoms with Crippen LogP contribution < -0.4 is 38.9 Å². The van der Waals surface area contributed by atoms with Crippen molar-refractivity contribution in [1.82, 2.24) is 16.0 Å². The molecule has 0 aliphatic rings. The van der Waals surface area contributed by atoms with Crippen molar-refractivity contribution in [1.29, 1.82) is 0 Å². The summed E-state index contributed by atoms with van der Waals surface area (Å²) in [5.74, 6) is -4.26. The lowest BCUT2D eigenvalue weighted by molar-refractivity contribution is -0.142. The summed E-state index contributed by atoms with van der Waals surface area (Å²) in [5.41, 5.74) is 21.9. The Morgan fingerprint density at radius 3 is 2.05 bits per heavy atom. The highest BCUT2D eigenvalue weighted by Gasteiger charge is 2.28. The fourth-order valence-electron chi connectivity index (χ4n) is 3.22. The normalized spacial score (nSPS) is 13.7. The number of aliphatic carboxylic acids is 1. The van der Waals surface area contributed by atoms with Crippen LogP contribution in [0.5, 0.6) is 5.75 Å². The third kappa shape index (κ3) is 12.0. The highest BCUT2D eigenvalue weighted by atomic mass is 16.4. The number of benzene rings is 1. The molecule has 0 aliphatic heterocycles. The number of aliphatic imine (C=N–C) groups is 1. The van der Waals surface area contributed by atoms with Crippen LogP contribution in [-0.2, 0) is 30.4 Å². The maximum Gasteiger partial charge on any atom is 0.326 e. The van der Waals surface area contributed by atoms with Gasteiger partial charge in [0.15, 0.2) is 5.96 Å². The van der Waals surface area contributed by atoms with E-state index in [2.05, 4.69) is 20.9 Å². The summed E-state index contributed by atoms with van der Waals surface area (Å²) in [4.78, 5) is 64.4. The van der Waals surface area contributed by atoms with Crippen molar-refractivity contribution in [3.05, 3.63) is 29.8 Å². The molecule has 4 atom stereocenters. The summed E-state index contributed by atoms with van der Waals surface area (Å²) in [6, 6.07) is 1.19. The summed E-state index contributed by atoms with van der Waals surface area (Å²) in [6.07, 6.45) is 0.149. The van der Waals surface area contributed by atoms with Crippen molar-refractivity contribution in [3.63, 3.8) is 0 Å². The molecule has 0 heterocycles. The van der Waals surface area contributed by atoms with Gasteiger partial charge < -0.3 is 49.1 Å². The van der Waals surface area contributed by atoms with Gasteiger partial charge in [0.25, 0.3) is 0 Å². The quantitative estimate of drug-likeness (QED) is 0.0591. The number of phenolic OH excluding ortho intramolecular Hbond substituents is 1. The van der Waals surface area contributed by atoms with E-state index in [-0.39, 0.29) is 50.4 Å². The largest absolute Gasteiger partial charge is 0.508 e. The molecular weight excluding hydrogens is 500 g/mol. The number of carbonyl (C=O) groups is 5. The van der Waals surface area contributed by atoms with E-state index >= 15 is 0 Å². The predicted octanol–water partition coefficient (Wildman–Crippen LogP) is -2.86. The molecule has 1 aromatic rings. The fraction of sp³-hybridized carbons (Fsp3) is 0.478. The first-order valence-corrected chi connectivity index (χ1v) is 11.8. The van der Waals surface area contributed by atoms with Gasteiger partial charge in [0.05, 0.1) is 6.04 Å². The second kappa shape index (κ2) is 15.7. The number of nitrogens with two attached hydrogens (primary N) is 4. The number of guanidine groups is 1. The zero-order chi connectivity index (χ0) is 28.8. The number of phenols is 1. The molecule has 4 amide bonds. The monoisotopic (exact) mass is 536 g/mol. The maximum absolute atomic E-state index is 13.0. The van der Waals surface area contributed by atoms with Gasteiger partial charge in [-0.1, -0.05) is 12.1 Å². The van der Waals surface area contributed by atoms with Crippen LogP contribution in [0, 0.1) is 0 Å². The van der Waals surface area contributed by atoms with Gasteiger partial charge in [-0.25, -0.2) is 4.79 Å². The first-order chi connectivity index (χ1) is 17.8. The number of aromatic hydroxyl groups is 1. The molecule has 0 aliphatic carbocycles. The molecule has 15 nitrogen and oxygen atoms in total. The van der Waals surface area contributed by atoms with Gasteiger partial charge in [0.1, 0.15) is 23.9 Å². The molecular formula is C23H36N8O7. The molecule has 1 rings (SSSR count). The van der Waals surface area contributed by atoms with E-state index in [1.807, 2.05) is 0 Å². The lowest BCUT2D eigenvalue weighted by atomic mass is 10.0. The third-order valence-corrected chi connectivity index (χ3v) is 5.36. The van der Waals surface area contributed by atoms with Crippen LogP contribution in [0.2, 0.25) is 0 Å². The zero-order valence-corrected chi connectivity index (χ0v) is 21.1. The maximum atomic E-state index is 13.0. The summed E-state index contributed by atoms with van der Waals surface area (Å²) >= 11 is 0. The summed E-state index contributed by atoms with van der Waals surface area (Å²) in [7, 11) is 0. The van der Waals surface area contributed by atoms with Crippen molar-refractivity contribution >= 4 is 35.6 Å². The minimum absolute atomic E-state index is 0.00355. The molecule has 0 fully saturated rings. The SMILES string of the molecule is CC(NC(=O)C(Cc1ccc(O)cc1)NC(=O)C(N)CCC(N)=O)C(=O)NC(CCCN=C(N)N)C(=O)O. The van der Waals surface area contributed by atoms with E-state index < -0.39 is 53.8 Å². The molecule has 0 bridgehead atoms. The second-order valence-corrected chi connectivity index (χ2v) is 8.62. The lowest BCUT2D eigenvalue weighted by Gasteiger charge is -2.23. The highest BCUT2D eigenvalue weighted by Crippen LogP contribution is 2.12. The van der Waals surface area contributed by atoms with Gasteiger partial charge in [-0.2, -0.15) is 0 Å². The van der Waals surface area contributed by atoms with E-state index in [1.54, 1.807) is 12.1 Å². The molecule has 0 spiro atoms. The first-order valence-electron chi connectivity index (χ1n) is 11.8. The van der Waals surface area contributed by atoms with Crippen molar-refractivity contribution in [2.24, 2.45) is 27.9 Å². The van der Waals surface area contributed by atoms with Gasteiger partial charge >= 0.3 is 5.97 Å². The van der Waals surface area contributed by atoms with Crippen LogP contribution in [0.4, 0.5) is 0 Å². The van der Waals surface area contributed by atoms with E-state index in [9.17, 15) is 34.2 Å². The lowest BCUT2D eigenvalue weighted by Crippen LogP contribution is -2.56. The number of nitrogens with one attached hydrogen (secondary N) is 3. The van der Waals surface area contributed by atoms with E-state index in [0.717, 1.165) is 0 Å². The third-order valence-electron chi connectivity index (χ3n) is 5.36. The summed E-state index contributed by atoms with van der Waals surface area (Å²) in [5, 5.41) is 26.2.